The van der Waals surface area contributed by atoms with E-state index in [0.29, 0.717) is 6.54 Å². The van der Waals surface area contributed by atoms with Gasteiger partial charge >= 0.3 is 0 Å². The zero-order valence-electron chi connectivity index (χ0n) is 24.2. The zero-order chi connectivity index (χ0) is 27.7. The van der Waals surface area contributed by atoms with Crippen LogP contribution in [0.3, 0.4) is 0 Å². The van der Waals surface area contributed by atoms with Gasteiger partial charge in [0.1, 0.15) is 25.1 Å². The van der Waals surface area contributed by atoms with E-state index in [0.717, 1.165) is 49.3 Å². The number of rotatable bonds is 4. The number of ether oxygens (including phenoxy) is 1. The van der Waals surface area contributed by atoms with Gasteiger partial charge in [-0.1, -0.05) is 55.5 Å². The summed E-state index contributed by atoms with van der Waals surface area (Å²) in [6.07, 6.45) is 6.73. The van der Waals surface area contributed by atoms with Crippen molar-refractivity contribution in [2.24, 2.45) is 5.73 Å². The second kappa shape index (κ2) is 9.60. The smallest absolute Gasteiger partial charge is 0.210 e. The van der Waals surface area contributed by atoms with Crippen molar-refractivity contribution in [3.05, 3.63) is 110 Å². The average Bonchev–Trinajstić information content (AvgIpc) is 3.42. The Morgan fingerprint density at radius 1 is 0.829 bits per heavy atom. The van der Waals surface area contributed by atoms with Gasteiger partial charge in [0.05, 0.1) is 5.56 Å². The first-order valence-corrected chi connectivity index (χ1v) is 15.4. The zero-order valence-corrected chi connectivity index (χ0v) is 24.2. The number of hydrogen-bond donors (Lipinski definition) is 1. The third kappa shape index (κ3) is 3.80. The minimum Gasteiger partial charge on any atom is -0.455 e. The molecule has 4 heterocycles. The number of benzene rings is 4. The summed E-state index contributed by atoms with van der Waals surface area (Å²) in [7, 11) is 2.23. The molecule has 0 atom stereocenters. The Labute approximate surface area is 242 Å². The van der Waals surface area contributed by atoms with Crippen LogP contribution in [0, 0.1) is 0 Å². The van der Waals surface area contributed by atoms with Gasteiger partial charge in [-0.05, 0) is 72.1 Å². The normalized spacial score (nSPS) is 16.6. The Balaban J connectivity index is 1.39. The molecule has 4 aromatic carbocycles. The highest BCUT2D eigenvalue weighted by molar-refractivity contribution is 5.89. The predicted molar refractivity (Wildman–Crippen MR) is 168 cm³/mol. The number of fused-ring (bicyclic) bond motifs is 5. The third-order valence-corrected chi connectivity index (χ3v) is 9.80. The summed E-state index contributed by atoms with van der Waals surface area (Å²) in [5.74, 6) is 2.20. The number of aryl methyl sites for hydroxylation is 2. The van der Waals surface area contributed by atoms with E-state index in [-0.39, 0.29) is 0 Å². The van der Waals surface area contributed by atoms with Gasteiger partial charge < -0.3 is 15.4 Å². The number of nitrogens with zero attached hydrogens (tertiary/aromatic N) is 2. The lowest BCUT2D eigenvalue weighted by Crippen LogP contribution is -2.35. The van der Waals surface area contributed by atoms with Crippen LogP contribution in [0.2, 0.25) is 0 Å². The van der Waals surface area contributed by atoms with Crippen LogP contribution >= 0.6 is 0 Å². The predicted octanol–water partition coefficient (Wildman–Crippen LogP) is 5.10. The first-order chi connectivity index (χ1) is 20.1. The van der Waals surface area contributed by atoms with Crippen molar-refractivity contribution in [2.45, 2.75) is 52.0 Å². The topological polar surface area (TPSA) is 41.5 Å². The van der Waals surface area contributed by atoms with E-state index in [4.69, 9.17) is 10.5 Å². The molecule has 4 aliphatic rings. The maximum atomic E-state index is 7.12. The molecule has 4 aromatic rings. The highest BCUT2D eigenvalue weighted by atomic mass is 16.5. The molecule has 206 valence electrons. The quantitative estimate of drug-likeness (QED) is 0.323. The number of anilines is 1. The van der Waals surface area contributed by atoms with E-state index in [1.165, 1.54) is 92.3 Å². The first-order valence-electron chi connectivity index (χ1n) is 15.4. The molecule has 41 heavy (non-hydrogen) atoms. The molecule has 0 aliphatic carbocycles. The SMILES string of the molecule is CCc1cc2c(c3c1=[N+](C)CC3)Oc1c(cc3c4c1CCCN4CCC3)C=2c1ccc(-c2ccc(CN)cc2)cc1. The Kier molecular flexibility index (Phi) is 5.82. The lowest BCUT2D eigenvalue weighted by molar-refractivity contribution is 0.455. The van der Waals surface area contributed by atoms with Gasteiger partial charge in [0, 0.05) is 59.2 Å². The molecule has 0 saturated carbocycles. The summed E-state index contributed by atoms with van der Waals surface area (Å²) in [5, 5.41) is 2.65. The minimum atomic E-state index is 0.571. The summed E-state index contributed by atoms with van der Waals surface area (Å²) in [5.41, 5.74) is 20.5. The van der Waals surface area contributed by atoms with Crippen LogP contribution in [0.1, 0.15) is 58.7 Å². The van der Waals surface area contributed by atoms with Crippen LogP contribution in [-0.2, 0) is 32.2 Å². The molecular formula is C37H38N3O+. The Morgan fingerprint density at radius 2 is 1.54 bits per heavy atom. The lowest BCUT2D eigenvalue weighted by Gasteiger charge is -2.39. The van der Waals surface area contributed by atoms with Gasteiger partial charge in [0.15, 0.2) is 0 Å². The van der Waals surface area contributed by atoms with Gasteiger partial charge in [0.25, 0.3) is 0 Å². The molecule has 0 bridgehead atoms. The van der Waals surface area contributed by atoms with Crippen LogP contribution < -0.4 is 30.5 Å². The molecule has 0 unspecified atom stereocenters. The van der Waals surface area contributed by atoms with Gasteiger partial charge in [0.2, 0.25) is 5.36 Å². The summed E-state index contributed by atoms with van der Waals surface area (Å²) in [4.78, 5) is 2.62. The van der Waals surface area contributed by atoms with E-state index < -0.39 is 0 Å². The van der Waals surface area contributed by atoms with E-state index in [1.54, 1.807) is 0 Å². The minimum absolute atomic E-state index is 0.571. The van der Waals surface area contributed by atoms with Crippen molar-refractivity contribution >= 4 is 11.3 Å². The van der Waals surface area contributed by atoms with Gasteiger partial charge in [-0.3, -0.25) is 0 Å². The van der Waals surface area contributed by atoms with Crippen LogP contribution in [0.4, 0.5) is 5.69 Å². The molecule has 0 radical (unpaired) electrons. The fraction of sp³-hybridized carbons (Fsp3) is 0.324. The Bertz CT molecular complexity index is 1830. The van der Waals surface area contributed by atoms with Crippen molar-refractivity contribution < 1.29 is 4.74 Å². The summed E-state index contributed by atoms with van der Waals surface area (Å²) in [6.45, 7) is 6.23. The van der Waals surface area contributed by atoms with E-state index in [2.05, 4.69) is 84.1 Å². The largest absolute Gasteiger partial charge is 0.455 e. The fourth-order valence-electron chi connectivity index (χ4n) is 7.80. The van der Waals surface area contributed by atoms with E-state index >= 15 is 0 Å². The summed E-state index contributed by atoms with van der Waals surface area (Å²) >= 11 is 0. The van der Waals surface area contributed by atoms with Crippen molar-refractivity contribution in [3.8, 4) is 22.6 Å². The molecule has 0 amide bonds. The van der Waals surface area contributed by atoms with Crippen molar-refractivity contribution in [2.75, 3.05) is 31.6 Å². The monoisotopic (exact) mass is 540 g/mol. The standard InChI is InChI=1S/C37H38N3O/c1-3-24-20-31-33(27-14-12-26(13-15-27)25-10-8-23(22-38)9-11-25)32-21-28-6-4-17-40-18-5-7-29(35(28)40)36(32)41-37(31)30-16-19-39(2)34(24)30/h8-15,20-21H,3-7,16-19,22,38H2,1-2H3/q+1. The van der Waals surface area contributed by atoms with Gasteiger partial charge in [-0.2, -0.15) is 0 Å². The van der Waals surface area contributed by atoms with E-state index in [9.17, 15) is 0 Å². The Hall–Kier alpha value is -3.89. The third-order valence-electron chi connectivity index (χ3n) is 9.80. The molecular weight excluding hydrogens is 502 g/mol. The number of hydrogen-bond acceptors (Lipinski definition) is 3. The number of nitrogens with two attached hydrogens (primary N) is 1. The molecule has 8 rings (SSSR count). The van der Waals surface area contributed by atoms with Crippen molar-refractivity contribution in [1.82, 2.24) is 4.58 Å². The lowest BCUT2D eigenvalue weighted by atomic mass is 9.83. The molecule has 4 nitrogen and oxygen atoms in total. The molecule has 2 N–H and O–H groups in total. The summed E-state index contributed by atoms with van der Waals surface area (Å²) in [6, 6.07) is 22.7. The van der Waals surface area contributed by atoms with Crippen molar-refractivity contribution in [1.29, 1.82) is 0 Å². The second-order valence-electron chi connectivity index (χ2n) is 12.2. The molecule has 0 fully saturated rings. The highest BCUT2D eigenvalue weighted by Crippen LogP contribution is 2.48. The number of likely N-dealkylation sites (N-methyl/N-ethyl adjacent to an activating group) is 1. The fourth-order valence-corrected chi connectivity index (χ4v) is 7.80. The molecule has 0 spiro atoms. The van der Waals surface area contributed by atoms with E-state index in [1.807, 2.05) is 0 Å². The van der Waals surface area contributed by atoms with Gasteiger partial charge in [-0.25, -0.2) is 4.58 Å². The molecule has 0 aromatic heterocycles. The van der Waals surface area contributed by atoms with Crippen LogP contribution in [0.15, 0.2) is 60.7 Å². The molecule has 0 saturated heterocycles. The highest BCUT2D eigenvalue weighted by Gasteiger charge is 2.35. The van der Waals surface area contributed by atoms with Crippen LogP contribution in [0.25, 0.3) is 16.7 Å². The second-order valence-corrected chi connectivity index (χ2v) is 12.2. The summed E-state index contributed by atoms with van der Waals surface area (Å²) < 4.78 is 9.55. The van der Waals surface area contributed by atoms with Crippen LogP contribution in [-0.4, -0.2) is 26.7 Å². The Morgan fingerprint density at radius 3 is 2.27 bits per heavy atom. The van der Waals surface area contributed by atoms with Crippen LogP contribution in [0.5, 0.6) is 11.5 Å². The maximum Gasteiger partial charge on any atom is 0.210 e. The van der Waals surface area contributed by atoms with Crippen molar-refractivity contribution in [3.63, 3.8) is 0 Å². The average molecular weight is 541 g/mol. The molecule has 4 aliphatic heterocycles. The van der Waals surface area contributed by atoms with Gasteiger partial charge in [-0.15, -0.1) is 0 Å². The maximum absolute atomic E-state index is 7.12. The first kappa shape index (κ1) is 24.9. The molecule has 4 heteroatoms.